The number of nitrogens with zero attached hydrogens (tertiary/aromatic N) is 1. The predicted molar refractivity (Wildman–Crippen MR) is 150 cm³/mol. The van der Waals surface area contributed by atoms with Crippen LogP contribution in [0.3, 0.4) is 0 Å². The molecule has 1 N–H and O–H groups in total. The molecule has 5 rings (SSSR count). The molecule has 34 heavy (non-hydrogen) atoms. The Morgan fingerprint density at radius 1 is 0.706 bits per heavy atom. The molecule has 4 aromatic carbocycles. The molecule has 0 saturated carbocycles. The van der Waals surface area contributed by atoms with Crippen molar-refractivity contribution in [3.05, 3.63) is 120 Å². The van der Waals surface area contributed by atoms with E-state index in [0.29, 0.717) is 0 Å². The summed E-state index contributed by atoms with van der Waals surface area (Å²) in [7, 11) is -2.25. The molecule has 168 valence electrons. The normalized spacial score (nSPS) is 11.5. The van der Waals surface area contributed by atoms with Crippen molar-refractivity contribution in [2.45, 2.75) is 11.9 Å². The highest BCUT2D eigenvalue weighted by atomic mass is 35.5. The minimum Gasteiger partial charge on any atom is -0.307 e. The van der Waals surface area contributed by atoms with Crippen molar-refractivity contribution in [2.24, 2.45) is 0 Å². The first-order chi connectivity index (χ1) is 16.7. The zero-order valence-electron chi connectivity index (χ0n) is 18.9. The van der Waals surface area contributed by atoms with Gasteiger partial charge in [-0.1, -0.05) is 73.1 Å². The number of benzene rings is 4. The van der Waals surface area contributed by atoms with Gasteiger partial charge in [-0.3, -0.25) is 0 Å². The van der Waals surface area contributed by atoms with Gasteiger partial charge in [-0.2, -0.15) is 0 Å². The van der Waals surface area contributed by atoms with Gasteiger partial charge in [0.05, 0.1) is 0 Å². The van der Waals surface area contributed by atoms with Crippen LogP contribution >= 0.6 is 30.6 Å². The van der Waals surface area contributed by atoms with E-state index in [1.165, 1.54) is 21.3 Å². The number of aromatic amines is 1. The van der Waals surface area contributed by atoms with Gasteiger partial charge in [0.2, 0.25) is 5.44 Å². The Balaban J connectivity index is 1.87. The van der Waals surface area contributed by atoms with Crippen LogP contribution in [0.1, 0.15) is 6.92 Å². The highest BCUT2D eigenvalue weighted by molar-refractivity contribution is 8.04. The molecule has 0 saturated heterocycles. The summed E-state index contributed by atoms with van der Waals surface area (Å²) in [6.45, 7) is 2.18. The maximum absolute atomic E-state index is 6.17. The number of rotatable bonds is 7. The second kappa shape index (κ2) is 10.2. The van der Waals surface area contributed by atoms with Gasteiger partial charge in [0, 0.05) is 10.6 Å². The fourth-order valence-electron chi connectivity index (χ4n) is 4.35. The monoisotopic (exact) mass is 499 g/mol. The zero-order chi connectivity index (χ0) is 23.4. The fraction of sp³-hybridized carbons (Fsp3) is 0.0690. The highest BCUT2D eigenvalue weighted by Gasteiger charge is 2.51. The number of thioether (sulfide) groups is 1. The van der Waals surface area contributed by atoms with E-state index in [2.05, 4.69) is 103 Å². The average molecular weight is 500 g/mol. The molecule has 0 atom stereocenters. The molecule has 0 fully saturated rings. The van der Waals surface area contributed by atoms with Gasteiger partial charge in [-0.25, -0.2) is 4.98 Å². The maximum atomic E-state index is 6.17. The van der Waals surface area contributed by atoms with Crippen molar-refractivity contribution in [2.75, 3.05) is 5.75 Å². The molecule has 0 radical (unpaired) electrons. The Hall–Kier alpha value is -2.84. The van der Waals surface area contributed by atoms with Crippen LogP contribution in [0.2, 0.25) is 5.02 Å². The van der Waals surface area contributed by atoms with Crippen molar-refractivity contribution < 1.29 is 0 Å². The summed E-state index contributed by atoms with van der Waals surface area (Å²) in [6, 6.07) is 40.5. The third-order valence-electron chi connectivity index (χ3n) is 5.82. The molecule has 0 amide bonds. The summed E-state index contributed by atoms with van der Waals surface area (Å²) in [5, 5.41) is 5.68. The Labute approximate surface area is 210 Å². The fourth-order valence-corrected chi connectivity index (χ4v) is 9.83. The van der Waals surface area contributed by atoms with Crippen LogP contribution < -0.4 is 21.3 Å². The molecule has 5 heteroatoms. The van der Waals surface area contributed by atoms with Gasteiger partial charge in [0.1, 0.15) is 21.7 Å². The van der Waals surface area contributed by atoms with E-state index in [1.54, 1.807) is 11.8 Å². The van der Waals surface area contributed by atoms with Gasteiger partial charge in [0.15, 0.2) is 12.3 Å². The lowest BCUT2D eigenvalue weighted by Gasteiger charge is -2.26. The first-order valence-corrected chi connectivity index (χ1v) is 14.4. The smallest absolute Gasteiger partial charge is 0.210 e. The van der Waals surface area contributed by atoms with Gasteiger partial charge in [0.25, 0.3) is 0 Å². The number of imidazole rings is 1. The van der Waals surface area contributed by atoms with Crippen LogP contribution in [0.5, 0.6) is 0 Å². The van der Waals surface area contributed by atoms with Crippen LogP contribution in [-0.4, -0.2) is 15.7 Å². The van der Waals surface area contributed by atoms with Crippen LogP contribution in [0.25, 0.3) is 11.4 Å². The van der Waals surface area contributed by atoms with E-state index in [-0.39, 0.29) is 0 Å². The van der Waals surface area contributed by atoms with Gasteiger partial charge < -0.3 is 4.98 Å². The molecular formula is C29H25ClN2PS+. The van der Waals surface area contributed by atoms with Crippen molar-refractivity contribution in [3.8, 4) is 11.4 Å². The summed E-state index contributed by atoms with van der Waals surface area (Å²) in [5.41, 5.74) is 2.22. The number of halogens is 1. The standard InChI is InChI=1S/C29H25ClN2PS/c1-2-34-29-28(31-27(32-29)22-18-20-23(30)21-19-22)33(24-12-6-3-7-13-24,25-14-8-4-9-15-25)26-16-10-5-11-17-26/h3-21H,2H2,1H3,(H,31,32)/q+1. The third-order valence-corrected chi connectivity index (χ3v) is 11.3. The van der Waals surface area contributed by atoms with Gasteiger partial charge >= 0.3 is 0 Å². The molecule has 0 aliphatic heterocycles. The van der Waals surface area contributed by atoms with Gasteiger partial charge in [-0.05, 0) is 66.4 Å². The molecule has 0 bridgehead atoms. The van der Waals surface area contributed by atoms with E-state index in [4.69, 9.17) is 16.6 Å². The zero-order valence-corrected chi connectivity index (χ0v) is 21.3. The summed E-state index contributed by atoms with van der Waals surface area (Å²) >= 11 is 7.96. The molecule has 0 unspecified atom stereocenters. The number of nitrogens with one attached hydrogen (secondary N) is 1. The summed E-state index contributed by atoms with van der Waals surface area (Å²) < 4.78 is 0. The van der Waals surface area contributed by atoms with Crippen molar-refractivity contribution >= 4 is 52.0 Å². The summed E-state index contributed by atoms with van der Waals surface area (Å²) in [6.07, 6.45) is 0. The molecule has 1 aromatic heterocycles. The quantitative estimate of drug-likeness (QED) is 0.205. The number of aromatic nitrogens is 2. The second-order valence-electron chi connectivity index (χ2n) is 7.86. The lowest BCUT2D eigenvalue weighted by Crippen LogP contribution is -2.40. The lowest BCUT2D eigenvalue weighted by molar-refractivity contribution is 1.21. The van der Waals surface area contributed by atoms with Crippen LogP contribution in [-0.2, 0) is 0 Å². The first-order valence-electron chi connectivity index (χ1n) is 11.3. The second-order valence-corrected chi connectivity index (χ2v) is 12.9. The Morgan fingerprint density at radius 2 is 1.18 bits per heavy atom. The number of H-pyrrole nitrogens is 1. The molecule has 0 aliphatic rings. The molecule has 0 spiro atoms. The molecule has 1 heterocycles. The minimum atomic E-state index is -2.25. The van der Waals surface area contributed by atoms with Gasteiger partial charge in [-0.15, -0.1) is 11.8 Å². The maximum Gasteiger partial charge on any atom is 0.210 e. The Morgan fingerprint density at radius 3 is 1.62 bits per heavy atom. The minimum absolute atomic E-state index is 0.721. The summed E-state index contributed by atoms with van der Waals surface area (Å²) in [4.78, 5) is 8.95. The van der Waals surface area contributed by atoms with Crippen molar-refractivity contribution in [3.63, 3.8) is 0 Å². The lowest BCUT2D eigenvalue weighted by atomic mass is 10.2. The van der Waals surface area contributed by atoms with E-state index in [1.807, 2.05) is 24.3 Å². The van der Waals surface area contributed by atoms with Crippen molar-refractivity contribution in [1.82, 2.24) is 9.97 Å². The van der Waals surface area contributed by atoms with E-state index in [0.717, 1.165) is 27.2 Å². The molecule has 5 aromatic rings. The average Bonchev–Trinajstić information content (AvgIpc) is 3.31. The Kier molecular flexibility index (Phi) is 6.87. The predicted octanol–water partition coefficient (Wildman–Crippen LogP) is 6.46. The molecule has 2 nitrogen and oxygen atoms in total. The van der Waals surface area contributed by atoms with Crippen LogP contribution in [0, 0.1) is 0 Å². The topological polar surface area (TPSA) is 28.7 Å². The van der Waals surface area contributed by atoms with E-state index in [9.17, 15) is 0 Å². The highest BCUT2D eigenvalue weighted by Crippen LogP contribution is 2.55. The molecular weight excluding hydrogens is 475 g/mol. The molecule has 0 aliphatic carbocycles. The van der Waals surface area contributed by atoms with E-state index < -0.39 is 7.26 Å². The first kappa shape index (κ1) is 22.9. The largest absolute Gasteiger partial charge is 0.307 e. The Bertz CT molecular complexity index is 1260. The SMILES string of the molecule is CCSc1nc(-c2ccc(Cl)cc2)[nH]c1[P+](c1ccccc1)(c1ccccc1)c1ccccc1. The van der Waals surface area contributed by atoms with E-state index >= 15 is 0 Å². The third kappa shape index (κ3) is 4.20. The van der Waals surface area contributed by atoms with Crippen LogP contribution in [0.15, 0.2) is 120 Å². The summed E-state index contributed by atoms with van der Waals surface area (Å²) in [5.74, 6) is 1.81. The number of hydrogen-bond donors (Lipinski definition) is 1. The number of hydrogen-bond acceptors (Lipinski definition) is 2. The van der Waals surface area contributed by atoms with Crippen molar-refractivity contribution in [1.29, 1.82) is 0 Å². The van der Waals surface area contributed by atoms with Crippen LogP contribution in [0.4, 0.5) is 0 Å².